The number of nitrogens with zero attached hydrogens (tertiary/aromatic N) is 3. The number of nitrogens with one attached hydrogen (secondary N) is 1. The molecular formula is C21H16N4O4. The van der Waals surface area contributed by atoms with Crippen molar-refractivity contribution in [2.75, 3.05) is 7.11 Å². The lowest BCUT2D eigenvalue weighted by atomic mass is 9.52. The Balaban J connectivity index is 2.07. The van der Waals surface area contributed by atoms with Crippen molar-refractivity contribution in [3.05, 3.63) is 54.0 Å². The highest BCUT2D eigenvalue weighted by molar-refractivity contribution is 5.90. The molecule has 0 radical (unpaired) electrons. The molecule has 2 saturated heterocycles. The molecule has 144 valence electrons. The van der Waals surface area contributed by atoms with Gasteiger partial charge in [-0.15, -0.1) is 0 Å². The lowest BCUT2D eigenvalue weighted by Gasteiger charge is -2.48. The van der Waals surface area contributed by atoms with Crippen LogP contribution in [0.5, 0.6) is 5.75 Å². The number of rotatable bonds is 3. The summed E-state index contributed by atoms with van der Waals surface area (Å²) in [5.41, 5.74) is -3.54. The van der Waals surface area contributed by atoms with E-state index >= 15 is 0 Å². The number of fused-ring (bicyclic) bond motifs is 2. The summed E-state index contributed by atoms with van der Waals surface area (Å²) in [4.78, 5) is 0. The summed E-state index contributed by atoms with van der Waals surface area (Å²) >= 11 is 0. The van der Waals surface area contributed by atoms with Crippen LogP contribution in [0, 0.1) is 50.2 Å². The fraction of sp³-hybridized carbons (Fsp3) is 0.333. The van der Waals surface area contributed by atoms with Crippen LogP contribution in [0.15, 0.2) is 47.1 Å². The number of benzene rings is 1. The Morgan fingerprint density at radius 2 is 1.79 bits per heavy atom. The second-order valence-corrected chi connectivity index (χ2v) is 7.09. The predicted molar refractivity (Wildman–Crippen MR) is 97.2 cm³/mol. The largest absolute Gasteiger partial charge is 0.496 e. The summed E-state index contributed by atoms with van der Waals surface area (Å²) in [6.45, 7) is 1.59. The van der Waals surface area contributed by atoms with Gasteiger partial charge < -0.3 is 18.6 Å². The molecule has 8 nitrogen and oxygen atoms in total. The number of methoxy groups -OCH3 is 1. The van der Waals surface area contributed by atoms with Crippen molar-refractivity contribution in [1.29, 1.82) is 21.2 Å². The quantitative estimate of drug-likeness (QED) is 0.850. The first kappa shape index (κ1) is 18.6. The van der Waals surface area contributed by atoms with Gasteiger partial charge in [-0.1, -0.05) is 18.2 Å². The van der Waals surface area contributed by atoms with Gasteiger partial charge in [0.25, 0.3) is 0 Å². The molecule has 0 amide bonds. The molecular weight excluding hydrogens is 372 g/mol. The highest BCUT2D eigenvalue weighted by Crippen LogP contribution is 2.70. The van der Waals surface area contributed by atoms with E-state index in [1.54, 1.807) is 43.3 Å². The third-order valence-corrected chi connectivity index (χ3v) is 5.77. The summed E-state index contributed by atoms with van der Waals surface area (Å²) in [5, 5.41) is 39.3. The van der Waals surface area contributed by atoms with Crippen LogP contribution in [0.3, 0.4) is 0 Å². The summed E-state index contributed by atoms with van der Waals surface area (Å²) in [7, 11) is 1.48. The van der Waals surface area contributed by atoms with E-state index in [0.29, 0.717) is 11.3 Å². The number of para-hydroxylation sites is 1. The van der Waals surface area contributed by atoms with E-state index in [9.17, 15) is 15.8 Å². The molecule has 1 N–H and O–H groups in total. The van der Waals surface area contributed by atoms with E-state index in [1.165, 1.54) is 13.4 Å². The number of ether oxygens (including phenoxy) is 3. The fourth-order valence-electron chi connectivity index (χ4n) is 4.55. The summed E-state index contributed by atoms with van der Waals surface area (Å²) in [6.07, 6.45) is 0.158. The molecule has 2 bridgehead atoms. The van der Waals surface area contributed by atoms with Gasteiger partial charge in [-0.05, 0) is 18.2 Å². The van der Waals surface area contributed by atoms with Crippen molar-refractivity contribution >= 4 is 5.90 Å². The van der Waals surface area contributed by atoms with E-state index in [1.807, 2.05) is 12.1 Å². The first-order valence-corrected chi connectivity index (χ1v) is 8.80. The van der Waals surface area contributed by atoms with Crippen molar-refractivity contribution in [2.24, 2.45) is 10.8 Å². The smallest absolute Gasteiger partial charge is 0.219 e. The molecule has 4 unspecified atom stereocenters. The van der Waals surface area contributed by atoms with Gasteiger partial charge in [-0.25, -0.2) is 0 Å². The van der Waals surface area contributed by atoms with E-state index in [-0.39, 0.29) is 5.76 Å². The molecule has 0 saturated carbocycles. The molecule has 29 heavy (non-hydrogen) atoms. The molecule has 2 aliphatic heterocycles. The Hall–Kier alpha value is -3.80. The van der Waals surface area contributed by atoms with Gasteiger partial charge in [0.15, 0.2) is 11.5 Å². The van der Waals surface area contributed by atoms with Crippen LogP contribution in [0.2, 0.25) is 0 Å². The minimum Gasteiger partial charge on any atom is -0.496 e. The third kappa shape index (κ3) is 2.05. The number of hydrogen-bond donors (Lipinski definition) is 1. The van der Waals surface area contributed by atoms with Gasteiger partial charge >= 0.3 is 0 Å². The SMILES string of the molecule is COc1ccccc1C1C2(C)OC(=N)C1(C#N)C(C#N)(C#N)C(c1ccco1)O2. The van der Waals surface area contributed by atoms with Crippen molar-refractivity contribution in [3.63, 3.8) is 0 Å². The molecule has 2 aliphatic rings. The first-order chi connectivity index (χ1) is 13.9. The third-order valence-electron chi connectivity index (χ3n) is 5.77. The lowest BCUT2D eigenvalue weighted by molar-refractivity contribution is -0.257. The molecule has 1 aromatic carbocycles. The van der Waals surface area contributed by atoms with Gasteiger partial charge in [0, 0.05) is 12.5 Å². The minimum absolute atomic E-state index is 0.204. The zero-order valence-electron chi connectivity index (χ0n) is 15.7. The maximum atomic E-state index is 10.4. The van der Waals surface area contributed by atoms with Crippen LogP contribution >= 0.6 is 0 Å². The molecule has 1 aromatic heterocycles. The Morgan fingerprint density at radius 1 is 1.07 bits per heavy atom. The van der Waals surface area contributed by atoms with E-state index in [0.717, 1.165) is 0 Å². The van der Waals surface area contributed by atoms with Crippen LogP contribution in [0.1, 0.15) is 30.3 Å². The van der Waals surface area contributed by atoms with Gasteiger partial charge in [0.05, 0.1) is 37.5 Å². The van der Waals surface area contributed by atoms with E-state index in [2.05, 4.69) is 6.07 Å². The molecule has 3 heterocycles. The molecule has 0 aliphatic carbocycles. The monoisotopic (exact) mass is 388 g/mol. The maximum Gasteiger partial charge on any atom is 0.219 e. The number of furan rings is 1. The number of nitriles is 3. The Bertz CT molecular complexity index is 1090. The van der Waals surface area contributed by atoms with Crippen LogP contribution in [0.4, 0.5) is 0 Å². The van der Waals surface area contributed by atoms with Gasteiger partial charge in [-0.3, -0.25) is 5.41 Å². The van der Waals surface area contributed by atoms with E-state index in [4.69, 9.17) is 24.0 Å². The topological polar surface area (TPSA) is 136 Å². The molecule has 4 atom stereocenters. The predicted octanol–water partition coefficient (Wildman–Crippen LogP) is 3.41. The number of hydrogen-bond acceptors (Lipinski definition) is 8. The van der Waals surface area contributed by atoms with Crippen molar-refractivity contribution in [2.45, 2.75) is 24.7 Å². The molecule has 0 spiro atoms. The zero-order chi connectivity index (χ0) is 20.9. The van der Waals surface area contributed by atoms with Gasteiger partial charge in [0.1, 0.15) is 11.5 Å². The Morgan fingerprint density at radius 3 is 2.38 bits per heavy atom. The maximum absolute atomic E-state index is 10.4. The zero-order valence-corrected chi connectivity index (χ0v) is 15.7. The summed E-state index contributed by atoms with van der Waals surface area (Å²) in [6, 6.07) is 16.1. The molecule has 2 aromatic rings. The second kappa shape index (κ2) is 6.10. The first-order valence-electron chi connectivity index (χ1n) is 8.80. The fourth-order valence-corrected chi connectivity index (χ4v) is 4.55. The average Bonchev–Trinajstić information content (AvgIpc) is 3.32. The van der Waals surface area contributed by atoms with Crippen molar-refractivity contribution < 1.29 is 18.6 Å². The summed E-state index contributed by atoms with van der Waals surface area (Å²) in [5.74, 6) is -2.32. The molecule has 8 heteroatoms. The Kier molecular flexibility index (Phi) is 3.91. The van der Waals surface area contributed by atoms with Gasteiger partial charge in [0.2, 0.25) is 17.1 Å². The van der Waals surface area contributed by atoms with E-state index < -0.39 is 34.5 Å². The second-order valence-electron chi connectivity index (χ2n) is 7.09. The van der Waals surface area contributed by atoms with Crippen LogP contribution in [-0.2, 0) is 9.47 Å². The van der Waals surface area contributed by atoms with Crippen molar-refractivity contribution in [1.82, 2.24) is 0 Å². The minimum atomic E-state index is -2.10. The molecule has 4 rings (SSSR count). The Labute approximate surface area is 166 Å². The summed E-state index contributed by atoms with van der Waals surface area (Å²) < 4.78 is 22.8. The van der Waals surface area contributed by atoms with Crippen LogP contribution in [0.25, 0.3) is 0 Å². The average molecular weight is 388 g/mol. The highest BCUT2D eigenvalue weighted by Gasteiger charge is 2.80. The van der Waals surface area contributed by atoms with Gasteiger partial charge in [-0.2, -0.15) is 15.8 Å². The standard InChI is InChI=1S/C21H16N4O4/c1-19-16(13-6-3-4-7-14(13)26-2)21(12-24,18(25)29-19)20(10-22,11-23)17(28-19)15-8-5-9-27-15/h3-9,16-17,25H,1-2H3. The van der Waals surface area contributed by atoms with Crippen LogP contribution < -0.4 is 4.74 Å². The highest BCUT2D eigenvalue weighted by atomic mass is 16.7. The van der Waals surface area contributed by atoms with Crippen LogP contribution in [-0.4, -0.2) is 18.8 Å². The van der Waals surface area contributed by atoms with Crippen molar-refractivity contribution in [3.8, 4) is 24.0 Å². The lowest BCUT2D eigenvalue weighted by Crippen LogP contribution is -2.57. The normalized spacial score (nSPS) is 31.8. The molecule has 2 fully saturated rings.